The first-order valence-corrected chi connectivity index (χ1v) is 11.6. The number of rotatable bonds is 10. The fourth-order valence-corrected chi connectivity index (χ4v) is 4.17. The Balaban J connectivity index is 1.53. The molecule has 0 saturated carbocycles. The van der Waals surface area contributed by atoms with Crippen LogP contribution in [0.1, 0.15) is 23.1 Å². The van der Waals surface area contributed by atoms with Gasteiger partial charge in [0.2, 0.25) is 5.91 Å². The maximum Gasteiger partial charge on any atom is 0.414 e. The Morgan fingerprint density at radius 1 is 0.771 bits per heavy atom. The molecule has 3 aromatic carbocycles. The molecule has 1 N–H and O–H groups in total. The topological polar surface area (TPSA) is 85.3 Å². The van der Waals surface area contributed by atoms with Gasteiger partial charge in [0.25, 0.3) is 0 Å². The van der Waals surface area contributed by atoms with Crippen molar-refractivity contribution in [2.45, 2.75) is 44.5 Å². The Morgan fingerprint density at radius 3 is 1.77 bits per heavy atom. The fourth-order valence-electron chi connectivity index (χ4n) is 4.17. The van der Waals surface area contributed by atoms with Crippen LogP contribution >= 0.6 is 0 Å². The Morgan fingerprint density at radius 2 is 1.26 bits per heavy atom. The van der Waals surface area contributed by atoms with Crippen molar-refractivity contribution >= 4 is 12.0 Å². The quantitative estimate of drug-likeness (QED) is 0.459. The zero-order valence-corrected chi connectivity index (χ0v) is 19.4. The third-order valence-electron chi connectivity index (χ3n) is 5.92. The highest BCUT2D eigenvalue weighted by Crippen LogP contribution is 2.27. The molecule has 3 aromatic rings. The molecule has 0 aliphatic carbocycles. The highest BCUT2D eigenvalue weighted by atomic mass is 16.5. The van der Waals surface area contributed by atoms with Gasteiger partial charge in [-0.25, -0.2) is 9.69 Å². The van der Waals surface area contributed by atoms with Gasteiger partial charge in [-0.3, -0.25) is 4.79 Å². The predicted molar refractivity (Wildman–Crippen MR) is 129 cm³/mol. The van der Waals surface area contributed by atoms with Gasteiger partial charge in [-0.05, 0) is 16.7 Å². The second-order valence-electron chi connectivity index (χ2n) is 8.41. The fraction of sp³-hybridized carbons (Fsp3) is 0.286. The van der Waals surface area contributed by atoms with Gasteiger partial charge in [0.15, 0.2) is 0 Å². The Bertz CT molecular complexity index is 1080. The van der Waals surface area contributed by atoms with Crippen molar-refractivity contribution in [1.82, 2.24) is 4.90 Å². The average molecular weight is 476 g/mol. The predicted octanol–water partition coefficient (Wildman–Crippen LogP) is 4.65. The molecule has 7 heteroatoms. The number of imide groups is 1. The lowest BCUT2D eigenvalue weighted by Crippen LogP contribution is -2.61. The van der Waals surface area contributed by atoms with E-state index in [0.717, 1.165) is 21.6 Å². The highest BCUT2D eigenvalue weighted by molar-refractivity contribution is 5.92. The number of amides is 2. The third-order valence-corrected chi connectivity index (χ3v) is 5.92. The lowest BCUT2D eigenvalue weighted by molar-refractivity contribution is -0.171. The molecule has 1 aliphatic rings. The SMILES string of the molecule is O=C(O)N1C(=O)C[C@H](OCc2ccccc2)[C@H](OCc2ccccc2)[C@H]1COCc1ccccc1. The number of carbonyl (C=O) groups excluding carboxylic acids is 1. The number of benzene rings is 3. The number of likely N-dealkylation sites (tertiary alicyclic amines) is 1. The van der Waals surface area contributed by atoms with E-state index in [0.29, 0.717) is 6.61 Å². The standard InChI is InChI=1S/C28H29NO6/c30-26-16-25(34-18-22-12-6-2-7-13-22)27(35-19-23-14-8-3-9-15-23)24(29(26)28(31)32)20-33-17-21-10-4-1-5-11-21/h1-15,24-25,27H,16-20H2,(H,31,32)/t24-,25+,27-/m1/s1. The second kappa shape index (κ2) is 12.3. The van der Waals surface area contributed by atoms with Gasteiger partial charge in [-0.2, -0.15) is 0 Å². The van der Waals surface area contributed by atoms with Crippen LogP contribution in [0.3, 0.4) is 0 Å². The summed E-state index contributed by atoms with van der Waals surface area (Å²) in [5, 5.41) is 9.85. The van der Waals surface area contributed by atoms with Crippen molar-refractivity contribution in [3.63, 3.8) is 0 Å². The van der Waals surface area contributed by atoms with Crippen molar-refractivity contribution in [1.29, 1.82) is 0 Å². The number of ether oxygens (including phenoxy) is 3. The third kappa shape index (κ3) is 6.76. The van der Waals surface area contributed by atoms with Gasteiger partial charge < -0.3 is 19.3 Å². The first-order chi connectivity index (χ1) is 17.1. The highest BCUT2D eigenvalue weighted by Gasteiger charge is 2.46. The minimum absolute atomic E-state index is 0.00239. The van der Waals surface area contributed by atoms with Crippen LogP contribution in [0, 0.1) is 0 Å². The Labute approximate surface area is 204 Å². The van der Waals surface area contributed by atoms with Crippen molar-refractivity contribution in [2.24, 2.45) is 0 Å². The van der Waals surface area contributed by atoms with Crippen molar-refractivity contribution in [3.05, 3.63) is 108 Å². The van der Waals surface area contributed by atoms with Gasteiger partial charge >= 0.3 is 6.09 Å². The molecule has 0 unspecified atom stereocenters. The molecule has 0 radical (unpaired) electrons. The average Bonchev–Trinajstić information content (AvgIpc) is 2.88. The normalized spacial score (nSPS) is 20.1. The zero-order valence-electron chi connectivity index (χ0n) is 19.4. The summed E-state index contributed by atoms with van der Waals surface area (Å²) in [5.41, 5.74) is 2.85. The smallest absolute Gasteiger partial charge is 0.414 e. The summed E-state index contributed by atoms with van der Waals surface area (Å²) in [6.45, 7) is 0.833. The molecule has 182 valence electrons. The van der Waals surface area contributed by atoms with E-state index in [1.807, 2.05) is 91.0 Å². The molecule has 2 amide bonds. The number of carboxylic acid groups (broad SMARTS) is 1. The molecular weight excluding hydrogens is 446 g/mol. The van der Waals surface area contributed by atoms with Crippen LogP contribution in [0.25, 0.3) is 0 Å². The van der Waals surface area contributed by atoms with Gasteiger partial charge in [0.1, 0.15) is 6.10 Å². The van der Waals surface area contributed by atoms with Crippen LogP contribution in [0.4, 0.5) is 4.79 Å². The Hall–Kier alpha value is -3.52. The molecule has 1 heterocycles. The molecule has 1 fully saturated rings. The molecule has 1 aliphatic heterocycles. The zero-order chi connectivity index (χ0) is 24.5. The number of hydrogen-bond acceptors (Lipinski definition) is 5. The molecule has 1 saturated heterocycles. The number of nitrogens with zero attached hydrogens (tertiary/aromatic N) is 1. The first-order valence-electron chi connectivity index (χ1n) is 11.6. The van der Waals surface area contributed by atoms with Crippen LogP contribution in [0.5, 0.6) is 0 Å². The van der Waals surface area contributed by atoms with Crippen molar-refractivity contribution in [2.75, 3.05) is 6.61 Å². The molecule has 35 heavy (non-hydrogen) atoms. The maximum absolute atomic E-state index is 12.9. The Kier molecular flexibility index (Phi) is 8.62. The molecule has 0 aromatic heterocycles. The molecule has 3 atom stereocenters. The van der Waals surface area contributed by atoms with E-state index in [9.17, 15) is 14.7 Å². The number of carbonyl (C=O) groups is 2. The maximum atomic E-state index is 12.9. The summed E-state index contributed by atoms with van der Waals surface area (Å²) < 4.78 is 18.3. The summed E-state index contributed by atoms with van der Waals surface area (Å²) in [6.07, 6.45) is -2.72. The first kappa shape index (κ1) is 24.6. The molecular formula is C28H29NO6. The minimum atomic E-state index is -1.32. The van der Waals surface area contributed by atoms with Crippen LogP contribution in [0.2, 0.25) is 0 Å². The second-order valence-corrected chi connectivity index (χ2v) is 8.41. The van der Waals surface area contributed by atoms with Crippen LogP contribution in [0.15, 0.2) is 91.0 Å². The van der Waals surface area contributed by atoms with E-state index < -0.39 is 30.3 Å². The van der Waals surface area contributed by atoms with Crippen LogP contribution in [-0.4, -0.2) is 46.9 Å². The van der Waals surface area contributed by atoms with Gasteiger partial charge in [0.05, 0.1) is 45.0 Å². The van der Waals surface area contributed by atoms with Crippen molar-refractivity contribution in [3.8, 4) is 0 Å². The van der Waals surface area contributed by atoms with E-state index in [1.165, 1.54) is 0 Å². The van der Waals surface area contributed by atoms with E-state index in [-0.39, 0.29) is 26.2 Å². The van der Waals surface area contributed by atoms with Gasteiger partial charge in [0, 0.05) is 0 Å². The molecule has 0 bridgehead atoms. The number of piperidine rings is 1. The number of hydrogen-bond donors (Lipinski definition) is 1. The minimum Gasteiger partial charge on any atom is -0.465 e. The van der Waals surface area contributed by atoms with E-state index in [2.05, 4.69) is 0 Å². The van der Waals surface area contributed by atoms with Crippen molar-refractivity contribution < 1.29 is 28.9 Å². The molecule has 0 spiro atoms. The summed E-state index contributed by atoms with van der Waals surface area (Å²) in [7, 11) is 0. The van der Waals surface area contributed by atoms with E-state index in [4.69, 9.17) is 14.2 Å². The lowest BCUT2D eigenvalue weighted by atomic mass is 9.95. The van der Waals surface area contributed by atoms with Crippen LogP contribution < -0.4 is 0 Å². The summed E-state index contributed by atoms with van der Waals surface area (Å²) in [4.78, 5) is 25.8. The monoisotopic (exact) mass is 475 g/mol. The van der Waals surface area contributed by atoms with Gasteiger partial charge in [-0.1, -0.05) is 91.0 Å². The van der Waals surface area contributed by atoms with E-state index in [1.54, 1.807) is 0 Å². The van der Waals surface area contributed by atoms with Crippen LogP contribution in [-0.2, 0) is 38.8 Å². The summed E-state index contributed by atoms with van der Waals surface area (Å²) in [6, 6.07) is 28.0. The molecule has 7 nitrogen and oxygen atoms in total. The summed E-state index contributed by atoms with van der Waals surface area (Å²) >= 11 is 0. The largest absolute Gasteiger partial charge is 0.465 e. The summed E-state index contributed by atoms with van der Waals surface area (Å²) in [5.74, 6) is -0.525. The van der Waals surface area contributed by atoms with Gasteiger partial charge in [-0.15, -0.1) is 0 Å². The molecule has 4 rings (SSSR count). The lowest BCUT2D eigenvalue weighted by Gasteiger charge is -2.42. The van der Waals surface area contributed by atoms with E-state index >= 15 is 0 Å².